The third-order valence-corrected chi connectivity index (χ3v) is 5.35. The van der Waals surface area contributed by atoms with Crippen LogP contribution in [0.5, 0.6) is 0 Å². The predicted molar refractivity (Wildman–Crippen MR) is 89.5 cm³/mol. The van der Waals surface area contributed by atoms with E-state index in [4.69, 9.17) is 9.26 Å². The standard InChI is InChI=1S/C18H26N4O2/c1-18(2)6-4-16-13(10-18)14(20-24-16)11-22-8-9-23-17(12-22)15-5-7-19-21(15)3/h5,7,17H,4,6,8-12H2,1-3H3. The van der Waals surface area contributed by atoms with Gasteiger partial charge in [-0.05, 0) is 24.3 Å². The molecule has 2 aromatic rings. The highest BCUT2D eigenvalue weighted by Crippen LogP contribution is 2.36. The molecule has 2 aliphatic rings. The van der Waals surface area contributed by atoms with E-state index in [1.165, 1.54) is 12.0 Å². The second-order valence-corrected chi connectivity index (χ2v) is 7.85. The van der Waals surface area contributed by atoms with E-state index >= 15 is 0 Å². The fraction of sp³-hybridized carbons (Fsp3) is 0.667. The van der Waals surface area contributed by atoms with Crippen molar-refractivity contribution in [3.63, 3.8) is 0 Å². The van der Waals surface area contributed by atoms with Crippen LogP contribution < -0.4 is 0 Å². The van der Waals surface area contributed by atoms with Crippen LogP contribution >= 0.6 is 0 Å². The third kappa shape index (κ3) is 3.00. The maximum atomic E-state index is 5.95. The molecule has 6 heteroatoms. The van der Waals surface area contributed by atoms with Gasteiger partial charge in [0.1, 0.15) is 17.6 Å². The lowest BCUT2D eigenvalue weighted by Crippen LogP contribution is -2.38. The molecule has 1 fully saturated rings. The van der Waals surface area contributed by atoms with Gasteiger partial charge in [-0.15, -0.1) is 0 Å². The van der Waals surface area contributed by atoms with Crippen molar-refractivity contribution in [3.8, 4) is 0 Å². The lowest BCUT2D eigenvalue weighted by molar-refractivity contribution is -0.0373. The molecule has 1 unspecified atom stereocenters. The van der Waals surface area contributed by atoms with E-state index < -0.39 is 0 Å². The number of hydrogen-bond acceptors (Lipinski definition) is 5. The molecule has 0 spiro atoms. The van der Waals surface area contributed by atoms with Crippen LogP contribution in [0.2, 0.25) is 0 Å². The Morgan fingerprint density at radius 1 is 1.38 bits per heavy atom. The Labute approximate surface area is 142 Å². The Morgan fingerprint density at radius 2 is 2.25 bits per heavy atom. The molecule has 0 bridgehead atoms. The fourth-order valence-electron chi connectivity index (χ4n) is 3.86. The van der Waals surface area contributed by atoms with Gasteiger partial charge in [0.2, 0.25) is 0 Å². The van der Waals surface area contributed by atoms with E-state index in [0.29, 0.717) is 5.41 Å². The number of nitrogens with zero attached hydrogens (tertiary/aromatic N) is 4. The van der Waals surface area contributed by atoms with Crippen molar-refractivity contribution in [1.82, 2.24) is 19.8 Å². The molecular weight excluding hydrogens is 304 g/mol. The van der Waals surface area contributed by atoms with E-state index in [2.05, 4.69) is 29.0 Å². The molecule has 1 aliphatic carbocycles. The van der Waals surface area contributed by atoms with Gasteiger partial charge in [0.15, 0.2) is 0 Å². The SMILES string of the molecule is Cn1nccc1C1CN(Cc2noc3c2CC(C)(C)CC3)CCO1. The predicted octanol–water partition coefficient (Wildman–Crippen LogP) is 2.50. The van der Waals surface area contributed by atoms with Gasteiger partial charge >= 0.3 is 0 Å². The number of fused-ring (bicyclic) bond motifs is 1. The second-order valence-electron chi connectivity index (χ2n) is 7.85. The van der Waals surface area contributed by atoms with Crippen molar-refractivity contribution in [2.24, 2.45) is 12.5 Å². The van der Waals surface area contributed by atoms with Crippen LogP contribution in [-0.4, -0.2) is 39.5 Å². The Balaban J connectivity index is 1.48. The van der Waals surface area contributed by atoms with Gasteiger partial charge in [0, 0.05) is 44.9 Å². The van der Waals surface area contributed by atoms with Crippen LogP contribution in [0.4, 0.5) is 0 Å². The number of aryl methyl sites for hydroxylation is 2. The van der Waals surface area contributed by atoms with Gasteiger partial charge < -0.3 is 9.26 Å². The van der Waals surface area contributed by atoms with Crippen LogP contribution in [0.3, 0.4) is 0 Å². The highest BCUT2D eigenvalue weighted by molar-refractivity contribution is 5.27. The minimum atomic E-state index is 0.0745. The summed E-state index contributed by atoms with van der Waals surface area (Å²) in [6.07, 6.45) is 5.15. The molecule has 2 aromatic heterocycles. The maximum Gasteiger partial charge on any atom is 0.140 e. The number of hydrogen-bond donors (Lipinski definition) is 0. The first-order chi connectivity index (χ1) is 11.5. The first-order valence-electron chi connectivity index (χ1n) is 8.80. The van der Waals surface area contributed by atoms with Gasteiger partial charge in [-0.1, -0.05) is 19.0 Å². The molecule has 0 N–H and O–H groups in total. The summed E-state index contributed by atoms with van der Waals surface area (Å²) in [5.41, 5.74) is 3.93. The molecule has 1 atom stereocenters. The van der Waals surface area contributed by atoms with Crippen molar-refractivity contribution in [2.75, 3.05) is 19.7 Å². The first kappa shape index (κ1) is 15.8. The Morgan fingerprint density at radius 3 is 3.04 bits per heavy atom. The summed E-state index contributed by atoms with van der Waals surface area (Å²) in [6, 6.07) is 2.04. The number of aromatic nitrogens is 3. The summed E-state index contributed by atoms with van der Waals surface area (Å²) >= 11 is 0. The van der Waals surface area contributed by atoms with Crippen molar-refractivity contribution in [2.45, 2.75) is 45.8 Å². The normalized spacial score (nSPS) is 24.0. The Bertz CT molecular complexity index is 718. The van der Waals surface area contributed by atoms with E-state index in [0.717, 1.165) is 56.2 Å². The van der Waals surface area contributed by atoms with Crippen molar-refractivity contribution in [1.29, 1.82) is 0 Å². The van der Waals surface area contributed by atoms with Crippen LogP contribution in [-0.2, 0) is 31.2 Å². The Kier molecular flexibility index (Phi) is 3.96. The molecule has 0 radical (unpaired) electrons. The average molecular weight is 330 g/mol. The minimum Gasteiger partial charge on any atom is -0.369 e. The number of morpholine rings is 1. The smallest absolute Gasteiger partial charge is 0.140 e. The first-order valence-corrected chi connectivity index (χ1v) is 8.80. The van der Waals surface area contributed by atoms with Gasteiger partial charge in [-0.25, -0.2) is 0 Å². The van der Waals surface area contributed by atoms with Gasteiger partial charge in [0.25, 0.3) is 0 Å². The molecule has 130 valence electrons. The van der Waals surface area contributed by atoms with Gasteiger partial charge in [-0.2, -0.15) is 5.10 Å². The number of rotatable bonds is 3. The van der Waals surface area contributed by atoms with E-state index in [9.17, 15) is 0 Å². The topological polar surface area (TPSA) is 56.3 Å². The third-order valence-electron chi connectivity index (χ3n) is 5.35. The molecule has 6 nitrogen and oxygen atoms in total. The Hall–Kier alpha value is -1.66. The van der Waals surface area contributed by atoms with E-state index in [-0.39, 0.29) is 6.10 Å². The van der Waals surface area contributed by atoms with Crippen molar-refractivity contribution in [3.05, 3.63) is 35.0 Å². The highest BCUT2D eigenvalue weighted by atomic mass is 16.5. The summed E-state index contributed by atoms with van der Waals surface area (Å²) in [4.78, 5) is 2.42. The molecule has 0 amide bonds. The van der Waals surface area contributed by atoms with Crippen molar-refractivity contribution >= 4 is 0 Å². The lowest BCUT2D eigenvalue weighted by Gasteiger charge is -2.33. The summed E-state index contributed by atoms with van der Waals surface area (Å²) < 4.78 is 13.5. The largest absolute Gasteiger partial charge is 0.369 e. The monoisotopic (exact) mass is 330 g/mol. The molecule has 0 saturated carbocycles. The van der Waals surface area contributed by atoms with E-state index in [1.807, 2.05) is 24.0 Å². The summed E-state index contributed by atoms with van der Waals surface area (Å²) in [7, 11) is 1.97. The minimum absolute atomic E-state index is 0.0745. The molecule has 3 heterocycles. The zero-order chi connectivity index (χ0) is 16.7. The van der Waals surface area contributed by atoms with Gasteiger partial charge in [0.05, 0.1) is 12.3 Å². The van der Waals surface area contributed by atoms with Crippen LogP contribution in [0, 0.1) is 5.41 Å². The molecule has 24 heavy (non-hydrogen) atoms. The van der Waals surface area contributed by atoms with Crippen LogP contribution in [0.25, 0.3) is 0 Å². The second kappa shape index (κ2) is 6.01. The molecular formula is C18H26N4O2. The molecule has 1 aliphatic heterocycles. The maximum absolute atomic E-state index is 5.95. The highest BCUT2D eigenvalue weighted by Gasteiger charge is 2.32. The lowest BCUT2D eigenvalue weighted by atomic mass is 9.76. The summed E-state index contributed by atoms with van der Waals surface area (Å²) in [6.45, 7) is 8.04. The van der Waals surface area contributed by atoms with E-state index in [1.54, 1.807) is 0 Å². The number of ether oxygens (including phenoxy) is 1. The van der Waals surface area contributed by atoms with Crippen LogP contribution in [0.15, 0.2) is 16.8 Å². The van der Waals surface area contributed by atoms with Crippen molar-refractivity contribution < 1.29 is 9.26 Å². The zero-order valence-corrected chi connectivity index (χ0v) is 14.8. The fourth-order valence-corrected chi connectivity index (χ4v) is 3.86. The zero-order valence-electron chi connectivity index (χ0n) is 14.8. The molecule has 4 rings (SSSR count). The quantitative estimate of drug-likeness (QED) is 0.865. The average Bonchev–Trinajstić information content (AvgIpc) is 3.13. The van der Waals surface area contributed by atoms with Gasteiger partial charge in [-0.3, -0.25) is 9.58 Å². The summed E-state index contributed by atoms with van der Waals surface area (Å²) in [5, 5.41) is 8.64. The molecule has 1 saturated heterocycles. The molecule has 0 aromatic carbocycles. The summed E-state index contributed by atoms with van der Waals surface area (Å²) in [5.74, 6) is 1.10. The van der Waals surface area contributed by atoms with Crippen LogP contribution in [0.1, 0.15) is 49.1 Å².